The van der Waals surface area contributed by atoms with Gasteiger partial charge in [-0.05, 0) is 30.0 Å². The van der Waals surface area contributed by atoms with Gasteiger partial charge >= 0.3 is 0 Å². The van der Waals surface area contributed by atoms with Gasteiger partial charge in [-0.25, -0.2) is 8.42 Å². The highest BCUT2D eigenvalue weighted by molar-refractivity contribution is 8.01. The van der Waals surface area contributed by atoms with Crippen LogP contribution in [-0.2, 0) is 14.8 Å². The second-order valence-electron chi connectivity index (χ2n) is 5.85. The van der Waals surface area contributed by atoms with Crippen LogP contribution in [0.5, 0.6) is 5.75 Å². The van der Waals surface area contributed by atoms with Crippen LogP contribution in [0.2, 0.25) is 0 Å². The van der Waals surface area contributed by atoms with Crippen molar-refractivity contribution in [3.05, 3.63) is 54.6 Å². The molecule has 3 aromatic rings. The minimum absolute atomic E-state index is 0.0706. The molecule has 0 saturated heterocycles. The van der Waals surface area contributed by atoms with E-state index >= 15 is 0 Å². The van der Waals surface area contributed by atoms with E-state index in [1.165, 1.54) is 42.3 Å². The van der Waals surface area contributed by atoms with Gasteiger partial charge in [0.05, 0.1) is 17.7 Å². The van der Waals surface area contributed by atoms with E-state index in [9.17, 15) is 13.2 Å². The largest absolute Gasteiger partial charge is 0.495 e. The molecule has 0 radical (unpaired) electrons. The molecule has 30 heavy (non-hydrogen) atoms. The van der Waals surface area contributed by atoms with Crippen LogP contribution >= 0.6 is 23.1 Å². The van der Waals surface area contributed by atoms with Gasteiger partial charge in [-0.15, -0.1) is 10.2 Å². The van der Waals surface area contributed by atoms with E-state index in [2.05, 4.69) is 15.5 Å². The quantitative estimate of drug-likeness (QED) is 0.382. The second kappa shape index (κ2) is 9.92. The van der Waals surface area contributed by atoms with Crippen LogP contribution in [0.3, 0.4) is 0 Å². The standard InChI is InChI=1S/C19H20N4O4S3/c1-3-28-19-22-21-18(29-19)20-17(24)13-23(15-11-7-8-12-16(15)27-2)30(25,26)14-9-5-4-6-10-14/h4-12H,3,13H2,1-2H3,(H,20,21,24). The van der Waals surface area contributed by atoms with Gasteiger partial charge in [-0.3, -0.25) is 14.4 Å². The minimum atomic E-state index is -4.02. The molecule has 1 aromatic heterocycles. The Labute approximate surface area is 183 Å². The number of sulfonamides is 1. The van der Waals surface area contributed by atoms with E-state index in [-0.39, 0.29) is 10.6 Å². The number of thioether (sulfide) groups is 1. The number of nitrogens with zero attached hydrogens (tertiary/aromatic N) is 3. The van der Waals surface area contributed by atoms with E-state index in [1.54, 1.807) is 42.5 Å². The normalized spacial score (nSPS) is 11.1. The van der Waals surface area contributed by atoms with Gasteiger partial charge in [0.2, 0.25) is 11.0 Å². The van der Waals surface area contributed by atoms with Gasteiger partial charge in [-0.2, -0.15) is 0 Å². The van der Waals surface area contributed by atoms with Crippen LogP contribution in [0.4, 0.5) is 10.8 Å². The Morgan fingerprint density at radius 1 is 1.13 bits per heavy atom. The van der Waals surface area contributed by atoms with Gasteiger partial charge in [0.1, 0.15) is 12.3 Å². The van der Waals surface area contributed by atoms with Crippen molar-refractivity contribution < 1.29 is 17.9 Å². The zero-order valence-electron chi connectivity index (χ0n) is 16.3. The third-order valence-corrected chi connectivity index (χ3v) is 7.52. The zero-order valence-corrected chi connectivity index (χ0v) is 18.8. The molecule has 0 unspecified atom stereocenters. The van der Waals surface area contributed by atoms with Crippen molar-refractivity contribution in [2.24, 2.45) is 0 Å². The first-order valence-electron chi connectivity index (χ1n) is 8.92. The highest BCUT2D eigenvalue weighted by Crippen LogP contribution is 2.32. The number of anilines is 2. The van der Waals surface area contributed by atoms with Crippen LogP contribution in [0.25, 0.3) is 0 Å². The molecule has 1 N–H and O–H groups in total. The molecule has 11 heteroatoms. The number of aromatic nitrogens is 2. The van der Waals surface area contributed by atoms with E-state index in [4.69, 9.17) is 4.74 Å². The first-order valence-corrected chi connectivity index (χ1v) is 12.2. The molecule has 0 aliphatic heterocycles. The van der Waals surface area contributed by atoms with Gasteiger partial charge in [0.15, 0.2) is 4.34 Å². The average Bonchev–Trinajstić information content (AvgIpc) is 3.19. The molecule has 0 bridgehead atoms. The van der Waals surface area contributed by atoms with Gasteiger partial charge in [0.25, 0.3) is 10.0 Å². The molecule has 1 amide bonds. The molecule has 2 aromatic carbocycles. The Bertz CT molecular complexity index is 1100. The predicted octanol–water partition coefficient (Wildman–Crippen LogP) is 3.49. The molecule has 3 rings (SSSR count). The van der Waals surface area contributed by atoms with Gasteiger partial charge in [-0.1, -0.05) is 60.4 Å². The highest BCUT2D eigenvalue weighted by Gasteiger charge is 2.29. The first kappa shape index (κ1) is 22.1. The number of carbonyl (C=O) groups is 1. The maximum atomic E-state index is 13.3. The van der Waals surface area contributed by atoms with E-state index < -0.39 is 22.5 Å². The van der Waals surface area contributed by atoms with Crippen molar-refractivity contribution in [1.29, 1.82) is 0 Å². The number of hydrogen-bond acceptors (Lipinski definition) is 8. The maximum absolute atomic E-state index is 13.3. The lowest BCUT2D eigenvalue weighted by Crippen LogP contribution is -2.38. The molecular weight excluding hydrogens is 444 g/mol. The lowest BCUT2D eigenvalue weighted by atomic mass is 10.3. The number of hydrogen-bond donors (Lipinski definition) is 1. The number of para-hydroxylation sites is 2. The van der Waals surface area contributed by atoms with Crippen molar-refractivity contribution in [1.82, 2.24) is 10.2 Å². The lowest BCUT2D eigenvalue weighted by molar-refractivity contribution is -0.114. The van der Waals surface area contributed by atoms with Gasteiger partial charge in [0, 0.05) is 0 Å². The Balaban J connectivity index is 1.92. The van der Waals surface area contributed by atoms with Crippen LogP contribution in [0.15, 0.2) is 63.8 Å². The van der Waals surface area contributed by atoms with Crippen molar-refractivity contribution >= 4 is 49.8 Å². The van der Waals surface area contributed by atoms with Crippen LogP contribution in [0, 0.1) is 0 Å². The molecule has 0 aliphatic carbocycles. The molecule has 8 nitrogen and oxygen atoms in total. The van der Waals surface area contributed by atoms with Crippen LogP contribution in [0.1, 0.15) is 6.92 Å². The summed E-state index contributed by atoms with van der Waals surface area (Å²) in [6, 6.07) is 14.6. The molecule has 0 saturated carbocycles. The molecule has 1 heterocycles. The summed E-state index contributed by atoms with van der Waals surface area (Å²) in [5, 5.41) is 10.9. The molecule has 0 spiro atoms. The van der Waals surface area contributed by atoms with Crippen LogP contribution < -0.4 is 14.4 Å². The summed E-state index contributed by atoms with van der Waals surface area (Å²) < 4.78 is 33.8. The fraction of sp³-hybridized carbons (Fsp3) is 0.211. The molecule has 158 valence electrons. The summed E-state index contributed by atoms with van der Waals surface area (Å²) in [5.41, 5.74) is 0.262. The fourth-order valence-electron chi connectivity index (χ4n) is 2.59. The predicted molar refractivity (Wildman–Crippen MR) is 119 cm³/mol. The Kier molecular flexibility index (Phi) is 7.29. The highest BCUT2D eigenvalue weighted by atomic mass is 32.2. The zero-order chi connectivity index (χ0) is 21.6. The topological polar surface area (TPSA) is 101 Å². The molecule has 0 fully saturated rings. The Morgan fingerprint density at radius 3 is 2.53 bits per heavy atom. The van der Waals surface area contributed by atoms with Crippen molar-refractivity contribution in [3.8, 4) is 5.75 Å². The number of amides is 1. The molecule has 0 aliphatic rings. The summed E-state index contributed by atoms with van der Waals surface area (Å²) in [4.78, 5) is 12.8. The Morgan fingerprint density at radius 2 is 1.83 bits per heavy atom. The summed E-state index contributed by atoms with van der Waals surface area (Å²) in [6.07, 6.45) is 0. The van der Waals surface area contributed by atoms with Crippen molar-refractivity contribution in [2.45, 2.75) is 16.2 Å². The van der Waals surface area contributed by atoms with Crippen molar-refractivity contribution in [2.75, 3.05) is 29.0 Å². The van der Waals surface area contributed by atoms with Gasteiger partial charge < -0.3 is 4.74 Å². The number of carbonyl (C=O) groups excluding carboxylic acids is 1. The summed E-state index contributed by atoms with van der Waals surface area (Å²) in [6.45, 7) is 1.54. The number of ether oxygens (including phenoxy) is 1. The fourth-order valence-corrected chi connectivity index (χ4v) is 5.70. The number of rotatable bonds is 9. The SMILES string of the molecule is CCSc1nnc(NC(=O)CN(c2ccccc2OC)S(=O)(=O)c2ccccc2)s1. The van der Waals surface area contributed by atoms with Crippen molar-refractivity contribution in [3.63, 3.8) is 0 Å². The minimum Gasteiger partial charge on any atom is -0.495 e. The summed E-state index contributed by atoms with van der Waals surface area (Å²) in [5.74, 6) is 0.631. The monoisotopic (exact) mass is 464 g/mol. The van der Waals surface area contributed by atoms with Crippen LogP contribution in [-0.4, -0.2) is 43.9 Å². The van der Waals surface area contributed by atoms with E-state index in [0.717, 1.165) is 14.4 Å². The smallest absolute Gasteiger partial charge is 0.264 e. The first-order chi connectivity index (χ1) is 14.5. The second-order valence-corrected chi connectivity index (χ2v) is 10.2. The number of methoxy groups -OCH3 is 1. The Hall–Kier alpha value is -2.63. The maximum Gasteiger partial charge on any atom is 0.264 e. The summed E-state index contributed by atoms with van der Waals surface area (Å²) >= 11 is 2.75. The number of benzene rings is 2. The lowest BCUT2D eigenvalue weighted by Gasteiger charge is -2.25. The summed E-state index contributed by atoms with van der Waals surface area (Å²) in [7, 11) is -2.58. The van der Waals surface area contributed by atoms with E-state index in [1.807, 2.05) is 6.92 Å². The number of nitrogens with one attached hydrogen (secondary N) is 1. The third kappa shape index (κ3) is 5.10. The third-order valence-electron chi connectivity index (χ3n) is 3.89. The average molecular weight is 465 g/mol. The molecular formula is C19H20N4O4S3. The van der Waals surface area contributed by atoms with E-state index in [0.29, 0.717) is 10.9 Å². The molecule has 0 atom stereocenters.